The summed E-state index contributed by atoms with van der Waals surface area (Å²) in [4.78, 5) is 38.3. The fourth-order valence-corrected chi connectivity index (χ4v) is 2.72. The number of methoxy groups -OCH3 is 2. The molecule has 3 rings (SSSR count). The van der Waals surface area contributed by atoms with Crippen LogP contribution in [0.4, 0.5) is 5.69 Å². The first-order chi connectivity index (χ1) is 12.5. The van der Waals surface area contributed by atoms with Crippen molar-refractivity contribution in [3.8, 4) is 5.75 Å². The van der Waals surface area contributed by atoms with Gasteiger partial charge in [0.05, 0.1) is 31.4 Å². The van der Waals surface area contributed by atoms with Crippen LogP contribution in [0.2, 0.25) is 0 Å². The van der Waals surface area contributed by atoms with Crippen LogP contribution in [0.5, 0.6) is 5.75 Å². The van der Waals surface area contributed by atoms with E-state index in [1.807, 2.05) is 0 Å². The highest BCUT2D eigenvalue weighted by atomic mass is 16.5. The van der Waals surface area contributed by atoms with Gasteiger partial charge in [-0.3, -0.25) is 19.3 Å². The number of imide groups is 1. The number of rotatable bonds is 6. The quantitative estimate of drug-likeness (QED) is 0.804. The van der Waals surface area contributed by atoms with Crippen molar-refractivity contribution in [3.63, 3.8) is 0 Å². The third kappa shape index (κ3) is 3.29. The average Bonchev–Trinajstić information content (AvgIpc) is 2.90. The summed E-state index contributed by atoms with van der Waals surface area (Å²) < 4.78 is 10.0. The molecule has 0 bridgehead atoms. The Bertz CT molecular complexity index is 878. The smallest absolute Gasteiger partial charge is 0.261 e. The fraction of sp³-hybridized carbons (Fsp3) is 0.211. The van der Waals surface area contributed by atoms with Gasteiger partial charge in [0.2, 0.25) is 0 Å². The molecule has 1 aliphatic heterocycles. The Morgan fingerprint density at radius 2 is 1.81 bits per heavy atom. The minimum absolute atomic E-state index is 0.175. The lowest BCUT2D eigenvalue weighted by atomic mass is 10.1. The SMILES string of the molecule is COCCN1C(=O)c2ccc(C(=O)Nc3cccc(OC)c3)cc2C1=O. The van der Waals surface area contributed by atoms with Gasteiger partial charge in [-0.25, -0.2) is 0 Å². The summed E-state index contributed by atoms with van der Waals surface area (Å²) in [6.07, 6.45) is 0. The molecule has 0 aromatic heterocycles. The van der Waals surface area contributed by atoms with Gasteiger partial charge in [-0.15, -0.1) is 0 Å². The Labute approximate surface area is 150 Å². The van der Waals surface area contributed by atoms with E-state index in [-0.39, 0.29) is 30.5 Å². The van der Waals surface area contributed by atoms with Gasteiger partial charge in [0.1, 0.15) is 5.75 Å². The second-order valence-corrected chi connectivity index (χ2v) is 5.70. The van der Waals surface area contributed by atoms with E-state index in [0.29, 0.717) is 22.6 Å². The van der Waals surface area contributed by atoms with Gasteiger partial charge >= 0.3 is 0 Å². The molecule has 2 aromatic rings. The van der Waals surface area contributed by atoms with E-state index in [1.165, 1.54) is 25.3 Å². The molecule has 0 saturated carbocycles. The predicted octanol–water partition coefficient (Wildman–Crippen LogP) is 2.19. The van der Waals surface area contributed by atoms with E-state index in [2.05, 4.69) is 5.32 Å². The van der Waals surface area contributed by atoms with Crippen molar-refractivity contribution in [2.75, 3.05) is 32.7 Å². The molecule has 2 aromatic carbocycles. The van der Waals surface area contributed by atoms with Crippen LogP contribution in [0.25, 0.3) is 0 Å². The molecule has 0 radical (unpaired) electrons. The van der Waals surface area contributed by atoms with Crippen LogP contribution in [0.3, 0.4) is 0 Å². The molecule has 134 valence electrons. The van der Waals surface area contributed by atoms with E-state index in [9.17, 15) is 14.4 Å². The number of carbonyl (C=O) groups excluding carboxylic acids is 3. The molecule has 0 atom stereocenters. The second kappa shape index (κ2) is 7.37. The molecule has 0 fully saturated rings. The molecule has 0 unspecified atom stereocenters. The van der Waals surface area contributed by atoms with Crippen molar-refractivity contribution in [3.05, 3.63) is 59.2 Å². The summed E-state index contributed by atoms with van der Waals surface area (Å²) >= 11 is 0. The van der Waals surface area contributed by atoms with Crippen LogP contribution in [0.15, 0.2) is 42.5 Å². The van der Waals surface area contributed by atoms with E-state index in [1.54, 1.807) is 31.4 Å². The minimum atomic E-state index is -0.418. The number of amides is 3. The van der Waals surface area contributed by atoms with Crippen LogP contribution < -0.4 is 10.1 Å². The van der Waals surface area contributed by atoms with Gasteiger partial charge in [-0.1, -0.05) is 6.07 Å². The zero-order chi connectivity index (χ0) is 18.7. The molecule has 26 heavy (non-hydrogen) atoms. The number of nitrogens with zero attached hydrogens (tertiary/aromatic N) is 1. The molecule has 1 heterocycles. The highest BCUT2D eigenvalue weighted by Gasteiger charge is 2.35. The van der Waals surface area contributed by atoms with Gasteiger partial charge in [0.25, 0.3) is 17.7 Å². The molecule has 7 nitrogen and oxygen atoms in total. The molecule has 0 saturated heterocycles. The Kier molecular flexibility index (Phi) is 4.99. The summed E-state index contributed by atoms with van der Waals surface area (Å²) in [6.45, 7) is 0.433. The topological polar surface area (TPSA) is 84.9 Å². The first-order valence-electron chi connectivity index (χ1n) is 7.99. The Hall–Kier alpha value is -3.19. The Balaban J connectivity index is 1.81. The monoisotopic (exact) mass is 354 g/mol. The van der Waals surface area contributed by atoms with Crippen molar-refractivity contribution in [1.29, 1.82) is 0 Å². The molecule has 0 spiro atoms. The van der Waals surface area contributed by atoms with Gasteiger partial charge in [0.15, 0.2) is 0 Å². The maximum atomic E-state index is 12.5. The Morgan fingerprint density at radius 3 is 2.54 bits per heavy atom. The summed E-state index contributed by atoms with van der Waals surface area (Å²) in [5.41, 5.74) is 1.38. The first kappa shape index (κ1) is 17.6. The molecule has 1 aliphatic rings. The fourth-order valence-electron chi connectivity index (χ4n) is 2.72. The number of carbonyl (C=O) groups is 3. The number of hydrogen-bond acceptors (Lipinski definition) is 5. The van der Waals surface area contributed by atoms with Crippen molar-refractivity contribution < 1.29 is 23.9 Å². The van der Waals surface area contributed by atoms with E-state index >= 15 is 0 Å². The van der Waals surface area contributed by atoms with Crippen LogP contribution in [-0.4, -0.2) is 50.0 Å². The minimum Gasteiger partial charge on any atom is -0.497 e. The second-order valence-electron chi connectivity index (χ2n) is 5.70. The molecule has 1 N–H and O–H groups in total. The van der Waals surface area contributed by atoms with Crippen LogP contribution in [-0.2, 0) is 4.74 Å². The lowest BCUT2D eigenvalue weighted by Gasteiger charge is -2.12. The summed E-state index contributed by atoms with van der Waals surface area (Å²) in [7, 11) is 3.04. The molecule has 7 heteroatoms. The number of fused-ring (bicyclic) bond motifs is 1. The average molecular weight is 354 g/mol. The van der Waals surface area contributed by atoms with Gasteiger partial charge in [0, 0.05) is 24.4 Å². The maximum absolute atomic E-state index is 12.5. The van der Waals surface area contributed by atoms with Crippen molar-refractivity contribution in [1.82, 2.24) is 4.90 Å². The summed E-state index contributed by atoms with van der Waals surface area (Å²) in [6, 6.07) is 11.4. The highest BCUT2D eigenvalue weighted by Crippen LogP contribution is 2.24. The highest BCUT2D eigenvalue weighted by molar-refractivity contribution is 6.22. The molecule has 3 amide bonds. The van der Waals surface area contributed by atoms with Crippen molar-refractivity contribution >= 4 is 23.4 Å². The maximum Gasteiger partial charge on any atom is 0.261 e. The number of nitrogens with one attached hydrogen (secondary N) is 1. The normalized spacial score (nSPS) is 12.9. The van der Waals surface area contributed by atoms with Gasteiger partial charge in [-0.2, -0.15) is 0 Å². The molecular formula is C19H18N2O5. The number of ether oxygens (including phenoxy) is 2. The molecular weight excluding hydrogens is 336 g/mol. The lowest BCUT2D eigenvalue weighted by molar-refractivity contribution is 0.0603. The number of anilines is 1. The van der Waals surface area contributed by atoms with Crippen LogP contribution in [0.1, 0.15) is 31.1 Å². The lowest BCUT2D eigenvalue weighted by Crippen LogP contribution is -2.32. The van der Waals surface area contributed by atoms with E-state index in [0.717, 1.165) is 4.90 Å². The summed E-state index contributed by atoms with van der Waals surface area (Å²) in [5.74, 6) is -0.553. The number of benzene rings is 2. The first-order valence-corrected chi connectivity index (χ1v) is 7.99. The predicted molar refractivity (Wildman–Crippen MR) is 94.6 cm³/mol. The molecule has 0 aliphatic carbocycles. The number of hydrogen-bond donors (Lipinski definition) is 1. The van der Waals surface area contributed by atoms with Gasteiger partial charge < -0.3 is 14.8 Å². The van der Waals surface area contributed by atoms with Crippen LogP contribution >= 0.6 is 0 Å². The largest absolute Gasteiger partial charge is 0.497 e. The van der Waals surface area contributed by atoms with E-state index < -0.39 is 5.91 Å². The summed E-state index contributed by atoms with van der Waals surface area (Å²) in [5, 5.41) is 2.75. The van der Waals surface area contributed by atoms with Crippen molar-refractivity contribution in [2.24, 2.45) is 0 Å². The zero-order valence-corrected chi connectivity index (χ0v) is 14.4. The standard InChI is InChI=1S/C19H18N2O5/c1-25-9-8-21-18(23)15-7-6-12(10-16(15)19(21)24)17(22)20-13-4-3-5-14(11-13)26-2/h3-7,10-11H,8-9H2,1-2H3,(H,20,22). The van der Waals surface area contributed by atoms with Crippen LogP contribution in [0, 0.1) is 0 Å². The third-order valence-electron chi connectivity index (χ3n) is 4.08. The van der Waals surface area contributed by atoms with Crippen molar-refractivity contribution in [2.45, 2.75) is 0 Å². The van der Waals surface area contributed by atoms with Gasteiger partial charge in [-0.05, 0) is 30.3 Å². The third-order valence-corrected chi connectivity index (χ3v) is 4.08. The zero-order valence-electron chi connectivity index (χ0n) is 14.4. The Morgan fingerprint density at radius 1 is 1.04 bits per heavy atom. The van der Waals surface area contributed by atoms with E-state index in [4.69, 9.17) is 9.47 Å².